The lowest BCUT2D eigenvalue weighted by atomic mass is 9.93. The number of rotatable bonds is 2. The number of hydrogen-bond acceptors (Lipinski definition) is 4. The Balaban J connectivity index is 1.69. The second kappa shape index (κ2) is 5.65. The van der Waals surface area contributed by atoms with E-state index in [1.807, 2.05) is 26.0 Å². The molecule has 0 atom stereocenters. The molecule has 2 aromatic rings. The van der Waals surface area contributed by atoms with Crippen LogP contribution in [0.3, 0.4) is 0 Å². The summed E-state index contributed by atoms with van der Waals surface area (Å²) < 4.78 is 19.5. The van der Waals surface area contributed by atoms with Crippen LogP contribution in [-0.2, 0) is 6.42 Å². The summed E-state index contributed by atoms with van der Waals surface area (Å²) in [7, 11) is 0. The van der Waals surface area contributed by atoms with E-state index in [0.717, 1.165) is 35.2 Å². The molecule has 2 aliphatic rings. The first-order chi connectivity index (χ1) is 12.0. The molecule has 1 amide bonds. The van der Waals surface area contributed by atoms with Gasteiger partial charge in [-0.25, -0.2) is 9.40 Å². The molecule has 0 spiro atoms. The van der Waals surface area contributed by atoms with E-state index >= 15 is 0 Å². The van der Waals surface area contributed by atoms with Crippen molar-refractivity contribution in [2.45, 2.75) is 32.2 Å². The van der Waals surface area contributed by atoms with Crippen molar-refractivity contribution in [1.82, 2.24) is 9.99 Å². The maximum absolute atomic E-state index is 13.9. The SMILES string of the molecule is CC1(C)CC(c2ccc3c(c2)CCO3)=NN1C(=O)c1ccncc1F. The van der Waals surface area contributed by atoms with Crippen LogP contribution in [0.1, 0.15) is 41.8 Å². The van der Waals surface area contributed by atoms with Gasteiger partial charge in [-0.1, -0.05) is 0 Å². The van der Waals surface area contributed by atoms with Crippen molar-refractivity contribution in [2.24, 2.45) is 5.10 Å². The molecule has 0 N–H and O–H groups in total. The molecule has 0 saturated heterocycles. The van der Waals surface area contributed by atoms with Crippen molar-refractivity contribution in [3.63, 3.8) is 0 Å². The van der Waals surface area contributed by atoms with Gasteiger partial charge < -0.3 is 4.74 Å². The van der Waals surface area contributed by atoms with Gasteiger partial charge in [-0.15, -0.1) is 0 Å². The Labute approximate surface area is 145 Å². The normalized spacial score (nSPS) is 17.9. The average molecular weight is 339 g/mol. The summed E-state index contributed by atoms with van der Waals surface area (Å²) in [4.78, 5) is 16.5. The maximum atomic E-state index is 13.9. The fraction of sp³-hybridized carbons (Fsp3) is 0.316. The first-order valence-corrected chi connectivity index (χ1v) is 8.23. The van der Waals surface area contributed by atoms with Crippen LogP contribution in [0.4, 0.5) is 4.39 Å². The van der Waals surface area contributed by atoms with Crippen LogP contribution in [-0.4, -0.2) is 33.8 Å². The second-order valence-electron chi connectivity index (χ2n) is 6.93. The fourth-order valence-electron chi connectivity index (χ4n) is 3.28. The number of hydrogen-bond donors (Lipinski definition) is 0. The average Bonchev–Trinajstić information content (AvgIpc) is 3.17. The van der Waals surface area contributed by atoms with Gasteiger partial charge in [0.25, 0.3) is 5.91 Å². The van der Waals surface area contributed by atoms with Crippen LogP contribution in [0.5, 0.6) is 5.75 Å². The van der Waals surface area contributed by atoms with E-state index in [4.69, 9.17) is 4.74 Å². The predicted molar refractivity (Wildman–Crippen MR) is 91.2 cm³/mol. The topological polar surface area (TPSA) is 54.8 Å². The molecule has 0 radical (unpaired) electrons. The molecule has 5 nitrogen and oxygen atoms in total. The smallest absolute Gasteiger partial charge is 0.277 e. The number of nitrogens with zero attached hydrogens (tertiary/aromatic N) is 3. The zero-order valence-electron chi connectivity index (χ0n) is 14.1. The number of carbonyl (C=O) groups is 1. The van der Waals surface area contributed by atoms with E-state index in [1.165, 1.54) is 17.3 Å². The number of halogens is 1. The lowest BCUT2D eigenvalue weighted by molar-refractivity contribution is 0.0607. The first kappa shape index (κ1) is 15.7. The Bertz CT molecular complexity index is 892. The van der Waals surface area contributed by atoms with Gasteiger partial charge in [-0.3, -0.25) is 9.78 Å². The van der Waals surface area contributed by atoms with Gasteiger partial charge >= 0.3 is 0 Å². The number of benzene rings is 1. The van der Waals surface area contributed by atoms with Gasteiger partial charge in [0, 0.05) is 19.0 Å². The van der Waals surface area contributed by atoms with Crippen molar-refractivity contribution in [3.05, 3.63) is 59.2 Å². The van der Waals surface area contributed by atoms with Crippen LogP contribution in [0, 0.1) is 5.82 Å². The van der Waals surface area contributed by atoms with Crippen molar-refractivity contribution in [1.29, 1.82) is 0 Å². The molecule has 25 heavy (non-hydrogen) atoms. The molecule has 3 heterocycles. The lowest BCUT2D eigenvalue weighted by Gasteiger charge is -2.28. The number of aromatic nitrogens is 1. The Morgan fingerprint density at radius 3 is 2.96 bits per heavy atom. The number of fused-ring (bicyclic) bond motifs is 1. The zero-order valence-corrected chi connectivity index (χ0v) is 14.1. The molecule has 4 rings (SSSR count). The standard InChI is InChI=1S/C19H18FN3O2/c1-19(2)10-16(12-3-4-17-13(9-12)6-8-25-17)22-23(19)18(24)14-5-7-21-11-15(14)20/h3-5,7,9,11H,6,8,10H2,1-2H3. The Morgan fingerprint density at radius 2 is 2.16 bits per heavy atom. The third-order valence-electron chi connectivity index (χ3n) is 4.61. The van der Waals surface area contributed by atoms with Crippen LogP contribution < -0.4 is 4.74 Å². The molecular formula is C19H18FN3O2. The number of hydrazone groups is 1. The van der Waals surface area contributed by atoms with E-state index < -0.39 is 17.3 Å². The van der Waals surface area contributed by atoms with Crippen LogP contribution in [0.2, 0.25) is 0 Å². The number of carbonyl (C=O) groups excluding carboxylic acids is 1. The minimum Gasteiger partial charge on any atom is -0.493 e. The molecule has 0 bridgehead atoms. The summed E-state index contributed by atoms with van der Waals surface area (Å²) >= 11 is 0. The third kappa shape index (κ3) is 2.67. The van der Waals surface area contributed by atoms with Crippen molar-refractivity contribution in [3.8, 4) is 5.75 Å². The van der Waals surface area contributed by atoms with E-state index in [0.29, 0.717) is 13.0 Å². The number of amides is 1. The summed E-state index contributed by atoms with van der Waals surface area (Å²) in [6, 6.07) is 7.35. The third-order valence-corrected chi connectivity index (χ3v) is 4.61. The largest absolute Gasteiger partial charge is 0.493 e. The molecule has 1 aromatic heterocycles. The Kier molecular flexibility index (Phi) is 3.56. The summed E-state index contributed by atoms with van der Waals surface area (Å²) in [6.07, 6.45) is 3.93. The van der Waals surface area contributed by atoms with Crippen LogP contribution >= 0.6 is 0 Å². The van der Waals surface area contributed by atoms with Crippen molar-refractivity contribution >= 4 is 11.6 Å². The first-order valence-electron chi connectivity index (χ1n) is 8.23. The van der Waals surface area contributed by atoms with E-state index in [-0.39, 0.29) is 5.56 Å². The summed E-state index contributed by atoms with van der Waals surface area (Å²) in [6.45, 7) is 4.55. The summed E-state index contributed by atoms with van der Waals surface area (Å²) in [5.41, 5.74) is 2.40. The minimum atomic E-state index is -0.637. The quantitative estimate of drug-likeness (QED) is 0.844. The highest BCUT2D eigenvalue weighted by atomic mass is 19.1. The molecule has 0 saturated carbocycles. The minimum absolute atomic E-state index is 0.0181. The highest BCUT2D eigenvalue weighted by Crippen LogP contribution is 2.33. The fourth-order valence-corrected chi connectivity index (χ4v) is 3.28. The van der Waals surface area contributed by atoms with Crippen molar-refractivity contribution < 1.29 is 13.9 Å². The van der Waals surface area contributed by atoms with Gasteiger partial charge in [0.2, 0.25) is 0 Å². The second-order valence-corrected chi connectivity index (χ2v) is 6.93. The zero-order chi connectivity index (χ0) is 17.6. The molecule has 0 unspecified atom stereocenters. The number of ether oxygens (including phenoxy) is 1. The molecule has 2 aliphatic heterocycles. The summed E-state index contributed by atoms with van der Waals surface area (Å²) in [5, 5.41) is 5.91. The lowest BCUT2D eigenvalue weighted by Crippen LogP contribution is -2.41. The Hall–Kier alpha value is -2.76. The molecule has 0 aliphatic carbocycles. The molecule has 128 valence electrons. The summed E-state index contributed by atoms with van der Waals surface area (Å²) in [5.74, 6) is -0.181. The van der Waals surface area contributed by atoms with Gasteiger partial charge in [-0.05, 0) is 49.2 Å². The highest BCUT2D eigenvalue weighted by Gasteiger charge is 2.39. The Morgan fingerprint density at radius 1 is 1.32 bits per heavy atom. The van der Waals surface area contributed by atoms with E-state index in [9.17, 15) is 9.18 Å². The van der Waals surface area contributed by atoms with E-state index in [2.05, 4.69) is 16.2 Å². The van der Waals surface area contributed by atoms with Gasteiger partial charge in [0.15, 0.2) is 5.82 Å². The maximum Gasteiger partial charge on any atom is 0.277 e. The van der Waals surface area contributed by atoms with Crippen molar-refractivity contribution in [2.75, 3.05) is 6.61 Å². The van der Waals surface area contributed by atoms with E-state index in [1.54, 1.807) is 0 Å². The molecule has 1 aromatic carbocycles. The monoisotopic (exact) mass is 339 g/mol. The van der Waals surface area contributed by atoms with Gasteiger partial charge in [0.05, 0.1) is 29.6 Å². The molecular weight excluding hydrogens is 321 g/mol. The van der Waals surface area contributed by atoms with Gasteiger partial charge in [0.1, 0.15) is 5.75 Å². The predicted octanol–water partition coefficient (Wildman–Crippen LogP) is 3.18. The van der Waals surface area contributed by atoms with Crippen LogP contribution in [0.15, 0.2) is 41.8 Å². The number of pyridine rings is 1. The molecule has 0 fully saturated rings. The van der Waals surface area contributed by atoms with Crippen LogP contribution in [0.25, 0.3) is 0 Å². The highest BCUT2D eigenvalue weighted by molar-refractivity contribution is 6.05. The molecule has 6 heteroatoms. The van der Waals surface area contributed by atoms with Gasteiger partial charge in [-0.2, -0.15) is 5.10 Å².